The lowest BCUT2D eigenvalue weighted by molar-refractivity contribution is 0.0502. The molecule has 2 N–H and O–H groups in total. The third-order valence-electron chi connectivity index (χ3n) is 11.9. The SMILES string of the molecule is C/C=C\c1cc2c(nc1C(C)(C)CC)OCCCN2c1cc(N2CCN(CC3=C(c4ccc(Cl)cc4)CC(C)(C)CC3)C(COCCCO)C2)ccc1C(=O)O. The van der Waals surface area contributed by atoms with E-state index in [4.69, 9.17) is 26.1 Å². The van der Waals surface area contributed by atoms with Gasteiger partial charge in [-0.1, -0.05) is 76.1 Å². The fourth-order valence-corrected chi connectivity index (χ4v) is 8.41. The van der Waals surface area contributed by atoms with Crippen molar-refractivity contribution in [2.24, 2.45) is 5.41 Å². The van der Waals surface area contributed by atoms with Crippen molar-refractivity contribution >= 4 is 46.3 Å². The van der Waals surface area contributed by atoms with Crippen molar-refractivity contribution in [1.29, 1.82) is 0 Å². The van der Waals surface area contributed by atoms with E-state index in [9.17, 15) is 15.0 Å². The summed E-state index contributed by atoms with van der Waals surface area (Å²) in [5.41, 5.74) is 8.84. The maximum absolute atomic E-state index is 12.8. The molecule has 1 aliphatic carbocycles. The van der Waals surface area contributed by atoms with E-state index < -0.39 is 5.97 Å². The Bertz CT molecular complexity index is 1910. The Labute approximate surface area is 339 Å². The number of ether oxygens (including phenoxy) is 2. The van der Waals surface area contributed by atoms with Gasteiger partial charge in [-0.15, -0.1) is 0 Å². The first-order chi connectivity index (χ1) is 26.8. The summed E-state index contributed by atoms with van der Waals surface area (Å²) in [5.74, 6) is -0.426. The van der Waals surface area contributed by atoms with Gasteiger partial charge in [0.1, 0.15) is 5.69 Å². The molecule has 6 rings (SSSR count). The molecule has 1 unspecified atom stereocenters. The largest absolute Gasteiger partial charge is 0.478 e. The fraction of sp³-hybridized carbons (Fsp3) is 0.522. The van der Waals surface area contributed by atoms with E-state index in [2.05, 4.69) is 73.6 Å². The zero-order chi connectivity index (χ0) is 40.0. The molecule has 1 saturated heterocycles. The molecule has 0 amide bonds. The molecule has 2 aromatic carbocycles. The second kappa shape index (κ2) is 18.1. The molecule has 10 heteroatoms. The van der Waals surface area contributed by atoms with E-state index in [0.29, 0.717) is 44.4 Å². The molecule has 0 bridgehead atoms. The number of hydrogen-bond donors (Lipinski definition) is 2. The van der Waals surface area contributed by atoms with Crippen molar-refractivity contribution in [2.75, 3.05) is 69.0 Å². The Morgan fingerprint density at radius 2 is 1.89 bits per heavy atom. The number of allylic oxidation sites excluding steroid dienone is 2. The van der Waals surface area contributed by atoms with Gasteiger partial charge >= 0.3 is 5.97 Å². The highest BCUT2D eigenvalue weighted by Gasteiger charge is 2.34. The summed E-state index contributed by atoms with van der Waals surface area (Å²) < 4.78 is 12.5. The number of nitrogens with zero attached hydrogens (tertiary/aromatic N) is 4. The van der Waals surface area contributed by atoms with Gasteiger partial charge in [-0.2, -0.15) is 0 Å². The summed E-state index contributed by atoms with van der Waals surface area (Å²) in [7, 11) is 0. The van der Waals surface area contributed by atoms with Gasteiger partial charge in [0, 0.05) is 62.1 Å². The number of anilines is 3. The third kappa shape index (κ3) is 9.62. The average Bonchev–Trinajstić information content (AvgIpc) is 3.39. The summed E-state index contributed by atoms with van der Waals surface area (Å²) in [4.78, 5) is 25.0. The van der Waals surface area contributed by atoms with Crippen LogP contribution >= 0.6 is 11.6 Å². The summed E-state index contributed by atoms with van der Waals surface area (Å²) in [5, 5.41) is 20.7. The minimum absolute atomic E-state index is 0.0965. The van der Waals surface area contributed by atoms with Crippen LogP contribution in [0.2, 0.25) is 5.02 Å². The van der Waals surface area contributed by atoms with Crippen molar-refractivity contribution in [3.63, 3.8) is 0 Å². The van der Waals surface area contributed by atoms with E-state index in [0.717, 1.165) is 85.9 Å². The molecule has 3 aliphatic rings. The molecule has 56 heavy (non-hydrogen) atoms. The average molecular weight is 785 g/mol. The number of aliphatic hydroxyl groups is 1. The Morgan fingerprint density at radius 3 is 2.61 bits per heavy atom. The highest BCUT2D eigenvalue weighted by Crippen LogP contribution is 2.45. The Balaban J connectivity index is 1.33. The van der Waals surface area contributed by atoms with Crippen LogP contribution in [0.3, 0.4) is 0 Å². The van der Waals surface area contributed by atoms with Crippen LogP contribution in [0.1, 0.15) is 107 Å². The van der Waals surface area contributed by atoms with E-state index in [1.807, 2.05) is 37.3 Å². The van der Waals surface area contributed by atoms with Crippen LogP contribution in [-0.4, -0.2) is 91.3 Å². The van der Waals surface area contributed by atoms with Crippen molar-refractivity contribution in [2.45, 2.75) is 91.5 Å². The second-order valence-corrected chi connectivity index (χ2v) is 17.4. The Hall–Kier alpha value is -3.89. The van der Waals surface area contributed by atoms with Crippen LogP contribution in [0, 0.1) is 5.41 Å². The zero-order valence-corrected chi connectivity index (χ0v) is 35.0. The number of benzene rings is 2. The van der Waals surface area contributed by atoms with Gasteiger partial charge in [-0.3, -0.25) is 4.90 Å². The summed E-state index contributed by atoms with van der Waals surface area (Å²) in [6.45, 7) is 18.7. The minimum Gasteiger partial charge on any atom is -0.478 e. The van der Waals surface area contributed by atoms with E-state index in [1.54, 1.807) is 6.07 Å². The molecule has 302 valence electrons. The second-order valence-electron chi connectivity index (χ2n) is 17.0. The molecule has 1 atom stereocenters. The summed E-state index contributed by atoms with van der Waals surface area (Å²) in [6, 6.07) is 16.2. The van der Waals surface area contributed by atoms with Crippen molar-refractivity contribution in [1.82, 2.24) is 9.88 Å². The first-order valence-electron chi connectivity index (χ1n) is 20.4. The first-order valence-corrected chi connectivity index (χ1v) is 20.8. The van der Waals surface area contributed by atoms with Gasteiger partial charge in [0.25, 0.3) is 0 Å². The van der Waals surface area contributed by atoms with Crippen LogP contribution in [0.5, 0.6) is 5.88 Å². The minimum atomic E-state index is -0.968. The topological polar surface area (TPSA) is 98.6 Å². The van der Waals surface area contributed by atoms with Crippen LogP contribution in [0.4, 0.5) is 17.1 Å². The number of rotatable bonds is 14. The Morgan fingerprint density at radius 1 is 1.11 bits per heavy atom. The third-order valence-corrected chi connectivity index (χ3v) is 12.2. The smallest absolute Gasteiger partial charge is 0.337 e. The normalized spacial score (nSPS) is 19.2. The monoisotopic (exact) mass is 784 g/mol. The fourth-order valence-electron chi connectivity index (χ4n) is 8.29. The highest BCUT2D eigenvalue weighted by molar-refractivity contribution is 6.30. The van der Waals surface area contributed by atoms with Crippen molar-refractivity contribution < 1.29 is 24.5 Å². The molecule has 9 nitrogen and oxygen atoms in total. The number of fused-ring (bicyclic) bond motifs is 1. The number of carbonyl (C=O) groups is 1. The number of carboxylic acids is 1. The Kier molecular flexibility index (Phi) is 13.5. The van der Waals surface area contributed by atoms with Crippen molar-refractivity contribution in [3.05, 3.63) is 87.6 Å². The number of hydrogen-bond acceptors (Lipinski definition) is 8. The van der Waals surface area contributed by atoms with Crippen LogP contribution in [0.15, 0.2) is 60.2 Å². The number of halogens is 1. The molecule has 2 aliphatic heterocycles. The van der Waals surface area contributed by atoms with Gasteiger partial charge in [0.05, 0.1) is 36.2 Å². The number of aromatic nitrogens is 1. The lowest BCUT2D eigenvalue weighted by Crippen LogP contribution is -2.55. The quantitative estimate of drug-likeness (QED) is 0.155. The predicted molar refractivity (Wildman–Crippen MR) is 229 cm³/mol. The highest BCUT2D eigenvalue weighted by atomic mass is 35.5. The number of pyridine rings is 1. The summed E-state index contributed by atoms with van der Waals surface area (Å²) >= 11 is 6.30. The lowest BCUT2D eigenvalue weighted by Gasteiger charge is -2.44. The van der Waals surface area contributed by atoms with Gasteiger partial charge in [-0.05, 0) is 104 Å². The molecule has 3 heterocycles. The number of aliphatic hydroxyl groups excluding tert-OH is 1. The molecule has 0 saturated carbocycles. The maximum Gasteiger partial charge on any atom is 0.337 e. The summed E-state index contributed by atoms with van der Waals surface area (Å²) in [6.07, 6.45) is 9.56. The van der Waals surface area contributed by atoms with E-state index in [1.165, 1.54) is 16.7 Å². The van der Waals surface area contributed by atoms with Crippen LogP contribution in [-0.2, 0) is 10.2 Å². The molecule has 3 aromatic rings. The molecule has 1 aromatic heterocycles. The predicted octanol–water partition coefficient (Wildman–Crippen LogP) is 9.63. The van der Waals surface area contributed by atoms with Crippen molar-refractivity contribution in [3.8, 4) is 5.88 Å². The van der Waals surface area contributed by atoms with E-state index in [-0.39, 0.29) is 29.0 Å². The van der Waals surface area contributed by atoms with E-state index >= 15 is 0 Å². The van der Waals surface area contributed by atoms with Gasteiger partial charge in [0.2, 0.25) is 5.88 Å². The molecule has 1 fully saturated rings. The molecule has 0 radical (unpaired) electrons. The zero-order valence-electron chi connectivity index (χ0n) is 34.2. The molecular weight excluding hydrogens is 724 g/mol. The standard InChI is InChI=1S/C46H61ClN4O5/c1-7-11-33-26-41-43(48-42(33)46(5,6)8-2)56-25-9-20-51(41)40-27-36(16-17-38(40)44(53)54)50-22-21-49(37(30-50)31-55-24-10-23-52)29-34-18-19-45(3,4)28-39(34)32-12-14-35(47)15-13-32/h7,11-17,26-27,37,52H,8-10,18-25,28-31H2,1-6H3,(H,53,54)/b11-7-. The lowest BCUT2D eigenvalue weighted by atomic mass is 9.72. The molecule has 0 spiro atoms. The van der Waals surface area contributed by atoms with Gasteiger partial charge in [0.15, 0.2) is 0 Å². The van der Waals surface area contributed by atoms with Crippen LogP contribution < -0.4 is 14.5 Å². The number of aromatic carboxylic acids is 1. The number of piperazine rings is 1. The maximum atomic E-state index is 12.8. The first kappa shape index (κ1) is 41.7. The van der Waals surface area contributed by atoms with Gasteiger partial charge < -0.3 is 29.5 Å². The number of carboxylic acid groups (broad SMARTS) is 1. The van der Waals surface area contributed by atoms with Crippen LogP contribution in [0.25, 0.3) is 11.6 Å². The molecular formula is C46H61ClN4O5. The van der Waals surface area contributed by atoms with Gasteiger partial charge in [-0.25, -0.2) is 9.78 Å².